The first-order chi connectivity index (χ1) is 8.64. The van der Waals surface area contributed by atoms with Crippen molar-refractivity contribution < 1.29 is 13.2 Å². The molecule has 0 spiro atoms. The molecule has 2 N–H and O–H groups in total. The van der Waals surface area contributed by atoms with Crippen LogP contribution in [0.2, 0.25) is 0 Å². The lowest BCUT2D eigenvalue weighted by atomic mass is 10.1. The maximum absolute atomic E-state index is 11.7. The highest BCUT2D eigenvalue weighted by molar-refractivity contribution is 7.91. The fourth-order valence-corrected chi connectivity index (χ4v) is 2.77. The van der Waals surface area contributed by atoms with Gasteiger partial charge < -0.3 is 10.5 Å². The molecule has 0 bridgehead atoms. The first-order valence-electron chi connectivity index (χ1n) is 6.16. The van der Waals surface area contributed by atoms with Crippen molar-refractivity contribution in [2.45, 2.75) is 12.8 Å². The Morgan fingerprint density at radius 2 is 1.78 bits per heavy atom. The van der Waals surface area contributed by atoms with Gasteiger partial charge in [0.1, 0.15) is 0 Å². The molecule has 1 aromatic carbocycles. The molecule has 0 aliphatic heterocycles. The predicted molar refractivity (Wildman–Crippen MR) is 73.3 cm³/mol. The third kappa shape index (κ3) is 6.74. The molecule has 102 valence electrons. The average Bonchev–Trinajstić information content (AvgIpc) is 2.36. The van der Waals surface area contributed by atoms with E-state index in [1.165, 1.54) is 5.56 Å². The van der Waals surface area contributed by atoms with E-state index in [9.17, 15) is 8.42 Å². The van der Waals surface area contributed by atoms with Gasteiger partial charge in [-0.1, -0.05) is 30.3 Å². The van der Waals surface area contributed by atoms with Crippen molar-refractivity contribution in [1.82, 2.24) is 0 Å². The van der Waals surface area contributed by atoms with E-state index in [1.54, 1.807) is 0 Å². The Kier molecular flexibility index (Phi) is 6.93. The molecule has 0 aliphatic carbocycles. The monoisotopic (exact) mass is 271 g/mol. The second kappa shape index (κ2) is 8.24. The molecule has 0 saturated heterocycles. The van der Waals surface area contributed by atoms with E-state index < -0.39 is 9.84 Å². The molecular weight excluding hydrogens is 250 g/mol. The van der Waals surface area contributed by atoms with Gasteiger partial charge in [-0.3, -0.25) is 0 Å². The standard InChI is InChI=1S/C13H21NO3S/c14-8-9-17-10-12-18(15,16)11-4-7-13-5-2-1-3-6-13/h1-3,5-6H,4,7-12,14H2. The van der Waals surface area contributed by atoms with E-state index in [4.69, 9.17) is 10.5 Å². The first kappa shape index (κ1) is 15.1. The van der Waals surface area contributed by atoms with Crippen molar-refractivity contribution >= 4 is 9.84 Å². The summed E-state index contributed by atoms with van der Waals surface area (Å²) < 4.78 is 28.4. The highest BCUT2D eigenvalue weighted by Crippen LogP contribution is 2.04. The first-order valence-corrected chi connectivity index (χ1v) is 7.98. The van der Waals surface area contributed by atoms with Gasteiger partial charge in [-0.2, -0.15) is 0 Å². The minimum atomic E-state index is -3.00. The lowest BCUT2D eigenvalue weighted by Gasteiger charge is -2.05. The van der Waals surface area contributed by atoms with E-state index in [1.807, 2.05) is 30.3 Å². The number of ether oxygens (including phenoxy) is 1. The molecule has 1 aromatic rings. The van der Waals surface area contributed by atoms with Gasteiger partial charge in [-0.05, 0) is 18.4 Å². The second-order valence-corrected chi connectivity index (χ2v) is 6.45. The summed E-state index contributed by atoms with van der Waals surface area (Å²) >= 11 is 0. The zero-order valence-corrected chi connectivity index (χ0v) is 11.4. The van der Waals surface area contributed by atoms with Crippen LogP contribution in [0.25, 0.3) is 0 Å². The second-order valence-electron chi connectivity index (χ2n) is 4.14. The molecular formula is C13H21NO3S. The zero-order valence-electron chi connectivity index (χ0n) is 10.5. The van der Waals surface area contributed by atoms with Crippen LogP contribution in [0.3, 0.4) is 0 Å². The van der Waals surface area contributed by atoms with E-state index in [-0.39, 0.29) is 18.1 Å². The van der Waals surface area contributed by atoms with Gasteiger partial charge in [0.25, 0.3) is 0 Å². The third-order valence-electron chi connectivity index (χ3n) is 2.56. The molecule has 0 unspecified atom stereocenters. The van der Waals surface area contributed by atoms with Crippen molar-refractivity contribution in [3.63, 3.8) is 0 Å². The summed E-state index contributed by atoms with van der Waals surface area (Å²) in [7, 11) is -3.00. The number of aryl methyl sites for hydroxylation is 1. The van der Waals surface area contributed by atoms with E-state index in [0.717, 1.165) is 6.42 Å². The van der Waals surface area contributed by atoms with Gasteiger partial charge >= 0.3 is 0 Å². The number of nitrogens with two attached hydrogens (primary N) is 1. The molecule has 0 heterocycles. The number of sulfone groups is 1. The largest absolute Gasteiger partial charge is 0.379 e. The van der Waals surface area contributed by atoms with Gasteiger partial charge in [0, 0.05) is 6.54 Å². The summed E-state index contributed by atoms with van der Waals surface area (Å²) in [5.74, 6) is 0.301. The summed E-state index contributed by atoms with van der Waals surface area (Å²) in [4.78, 5) is 0. The summed E-state index contributed by atoms with van der Waals surface area (Å²) in [5.41, 5.74) is 6.42. The lowest BCUT2D eigenvalue weighted by Crippen LogP contribution is -2.18. The Balaban J connectivity index is 2.21. The normalized spacial score (nSPS) is 11.6. The molecule has 0 radical (unpaired) electrons. The third-order valence-corrected chi connectivity index (χ3v) is 4.26. The van der Waals surface area contributed by atoms with Gasteiger partial charge in [0.2, 0.25) is 0 Å². The molecule has 0 aromatic heterocycles. The van der Waals surface area contributed by atoms with Crippen LogP contribution in [0.1, 0.15) is 12.0 Å². The summed E-state index contributed by atoms with van der Waals surface area (Å²) in [6.07, 6.45) is 1.45. The highest BCUT2D eigenvalue weighted by Gasteiger charge is 2.10. The molecule has 0 saturated carbocycles. The van der Waals surface area contributed by atoms with E-state index >= 15 is 0 Å². The van der Waals surface area contributed by atoms with Crippen LogP contribution in [0.15, 0.2) is 30.3 Å². The quantitative estimate of drug-likeness (QED) is 0.681. The molecule has 0 fully saturated rings. The number of benzene rings is 1. The smallest absolute Gasteiger partial charge is 0.152 e. The molecule has 0 atom stereocenters. The lowest BCUT2D eigenvalue weighted by molar-refractivity contribution is 0.157. The maximum Gasteiger partial charge on any atom is 0.152 e. The fraction of sp³-hybridized carbons (Fsp3) is 0.538. The maximum atomic E-state index is 11.7. The molecule has 4 nitrogen and oxygen atoms in total. The van der Waals surface area contributed by atoms with Crippen LogP contribution >= 0.6 is 0 Å². The molecule has 0 amide bonds. The SMILES string of the molecule is NCCOCCS(=O)(=O)CCCc1ccccc1. The number of hydrogen-bond acceptors (Lipinski definition) is 4. The Bertz CT molecular complexity index is 417. The van der Waals surface area contributed by atoms with Gasteiger partial charge in [-0.15, -0.1) is 0 Å². The van der Waals surface area contributed by atoms with Gasteiger partial charge in [0.15, 0.2) is 9.84 Å². The van der Waals surface area contributed by atoms with Crippen molar-refractivity contribution in [2.75, 3.05) is 31.3 Å². The molecule has 5 heteroatoms. The van der Waals surface area contributed by atoms with E-state index in [2.05, 4.69) is 0 Å². The van der Waals surface area contributed by atoms with Crippen molar-refractivity contribution in [3.05, 3.63) is 35.9 Å². The summed E-state index contributed by atoms with van der Waals surface area (Å²) in [6, 6.07) is 9.90. The predicted octanol–water partition coefficient (Wildman–Crippen LogP) is 1.01. The fourth-order valence-electron chi connectivity index (χ4n) is 1.61. The van der Waals surface area contributed by atoms with Crippen LogP contribution in [0, 0.1) is 0 Å². The van der Waals surface area contributed by atoms with Crippen LogP contribution in [0.5, 0.6) is 0 Å². The van der Waals surface area contributed by atoms with Crippen molar-refractivity contribution in [1.29, 1.82) is 0 Å². The Labute approximate surface area is 109 Å². The molecule has 1 rings (SSSR count). The van der Waals surface area contributed by atoms with Crippen molar-refractivity contribution in [2.24, 2.45) is 5.73 Å². The summed E-state index contributed by atoms with van der Waals surface area (Å²) in [5, 5.41) is 0. The van der Waals surface area contributed by atoms with Crippen LogP contribution in [-0.2, 0) is 21.0 Å². The summed E-state index contributed by atoms with van der Waals surface area (Å²) in [6.45, 7) is 1.08. The van der Waals surface area contributed by atoms with Gasteiger partial charge in [0.05, 0.1) is 24.7 Å². The zero-order chi connectivity index (χ0) is 13.3. The minimum absolute atomic E-state index is 0.0851. The Hall–Kier alpha value is -0.910. The minimum Gasteiger partial charge on any atom is -0.379 e. The van der Waals surface area contributed by atoms with Crippen molar-refractivity contribution in [3.8, 4) is 0 Å². The van der Waals surface area contributed by atoms with Crippen LogP contribution in [0.4, 0.5) is 0 Å². The van der Waals surface area contributed by atoms with E-state index in [0.29, 0.717) is 19.6 Å². The topological polar surface area (TPSA) is 69.4 Å². The average molecular weight is 271 g/mol. The van der Waals surface area contributed by atoms with Crippen LogP contribution < -0.4 is 5.73 Å². The number of rotatable bonds is 9. The highest BCUT2D eigenvalue weighted by atomic mass is 32.2. The van der Waals surface area contributed by atoms with Crippen LogP contribution in [-0.4, -0.2) is 39.7 Å². The molecule has 0 aliphatic rings. The van der Waals surface area contributed by atoms with Gasteiger partial charge in [-0.25, -0.2) is 8.42 Å². The Morgan fingerprint density at radius 3 is 2.44 bits per heavy atom. The Morgan fingerprint density at radius 1 is 1.06 bits per heavy atom. The number of hydrogen-bond donors (Lipinski definition) is 1. The molecule has 18 heavy (non-hydrogen) atoms.